The maximum Gasteiger partial charge on any atom is 0.254 e. The van der Waals surface area contributed by atoms with Crippen molar-refractivity contribution in [3.8, 4) is 5.88 Å². The van der Waals surface area contributed by atoms with Crippen molar-refractivity contribution in [3.05, 3.63) is 52.1 Å². The molecule has 3 heterocycles. The van der Waals surface area contributed by atoms with Crippen molar-refractivity contribution in [3.63, 3.8) is 0 Å². The van der Waals surface area contributed by atoms with Crippen LogP contribution in [0.2, 0.25) is 0 Å². The topological polar surface area (TPSA) is 88.2 Å². The number of nitrogens with zero attached hydrogens (tertiary/aromatic N) is 3. The highest BCUT2D eigenvalue weighted by atomic mass is 16.5. The van der Waals surface area contributed by atoms with E-state index in [9.17, 15) is 9.59 Å². The zero-order valence-electron chi connectivity index (χ0n) is 12.2. The zero-order valence-corrected chi connectivity index (χ0v) is 12.2. The Labute approximate surface area is 126 Å². The molecule has 22 heavy (non-hydrogen) atoms. The highest BCUT2D eigenvalue weighted by Crippen LogP contribution is 2.17. The second-order valence-corrected chi connectivity index (χ2v) is 5.23. The summed E-state index contributed by atoms with van der Waals surface area (Å²) >= 11 is 0. The third-order valence-electron chi connectivity index (χ3n) is 3.52. The van der Waals surface area contributed by atoms with Gasteiger partial charge >= 0.3 is 0 Å². The van der Waals surface area contributed by atoms with Gasteiger partial charge in [-0.2, -0.15) is 5.10 Å². The lowest BCUT2D eigenvalue weighted by Gasteiger charge is -2.16. The number of aromatic amines is 1. The van der Waals surface area contributed by atoms with E-state index in [1.54, 1.807) is 17.0 Å². The Morgan fingerprint density at radius 2 is 2.23 bits per heavy atom. The van der Waals surface area contributed by atoms with Crippen LogP contribution >= 0.6 is 0 Å². The summed E-state index contributed by atoms with van der Waals surface area (Å²) in [6.07, 6.45) is 2.09. The molecule has 1 fully saturated rings. The van der Waals surface area contributed by atoms with Gasteiger partial charge in [0.05, 0.1) is 12.2 Å². The molecule has 1 unspecified atom stereocenters. The van der Waals surface area contributed by atoms with Crippen LogP contribution in [0.5, 0.6) is 5.88 Å². The predicted octanol–water partition coefficient (Wildman–Crippen LogP) is 0.767. The quantitative estimate of drug-likeness (QED) is 0.904. The van der Waals surface area contributed by atoms with Gasteiger partial charge in [0, 0.05) is 36.9 Å². The van der Waals surface area contributed by atoms with E-state index < -0.39 is 0 Å². The van der Waals surface area contributed by atoms with Crippen molar-refractivity contribution in [2.45, 2.75) is 19.4 Å². The first-order valence-electron chi connectivity index (χ1n) is 7.07. The van der Waals surface area contributed by atoms with Crippen molar-refractivity contribution in [1.82, 2.24) is 20.1 Å². The molecular weight excluding hydrogens is 284 g/mol. The van der Waals surface area contributed by atoms with E-state index in [-0.39, 0.29) is 17.6 Å². The van der Waals surface area contributed by atoms with Crippen LogP contribution in [-0.2, 0) is 0 Å². The Morgan fingerprint density at radius 3 is 2.95 bits per heavy atom. The van der Waals surface area contributed by atoms with Crippen molar-refractivity contribution >= 4 is 5.91 Å². The summed E-state index contributed by atoms with van der Waals surface area (Å²) in [6, 6.07) is 6.51. The molecule has 1 aliphatic heterocycles. The number of hydrogen-bond donors (Lipinski definition) is 1. The molecule has 1 saturated heterocycles. The molecule has 3 rings (SSSR count). The monoisotopic (exact) mass is 300 g/mol. The van der Waals surface area contributed by atoms with Crippen molar-refractivity contribution in [2.24, 2.45) is 0 Å². The molecule has 0 spiro atoms. The smallest absolute Gasteiger partial charge is 0.254 e. The number of nitrogens with one attached hydrogen (secondary N) is 1. The van der Waals surface area contributed by atoms with Gasteiger partial charge in [-0.3, -0.25) is 9.59 Å². The normalized spacial score (nSPS) is 17.5. The summed E-state index contributed by atoms with van der Waals surface area (Å²) in [4.78, 5) is 27.8. The summed E-state index contributed by atoms with van der Waals surface area (Å²) in [5.41, 5.74) is 0.928. The third-order valence-corrected chi connectivity index (χ3v) is 3.52. The number of carbonyl (C=O) groups is 1. The molecule has 1 N–H and O–H groups in total. The first-order valence-corrected chi connectivity index (χ1v) is 7.07. The fourth-order valence-electron chi connectivity index (χ4n) is 2.39. The third kappa shape index (κ3) is 3.13. The van der Waals surface area contributed by atoms with Gasteiger partial charge in [0.1, 0.15) is 6.10 Å². The maximum absolute atomic E-state index is 12.3. The molecule has 7 heteroatoms. The number of likely N-dealkylation sites (tertiary alicyclic amines) is 1. The average Bonchev–Trinajstić information content (AvgIpc) is 2.97. The van der Waals surface area contributed by atoms with Crippen LogP contribution in [0, 0.1) is 6.92 Å². The van der Waals surface area contributed by atoms with Gasteiger partial charge in [-0.05, 0) is 19.1 Å². The molecular formula is C15H16N4O3. The predicted molar refractivity (Wildman–Crippen MR) is 78.8 cm³/mol. The second-order valence-electron chi connectivity index (χ2n) is 5.23. The van der Waals surface area contributed by atoms with Gasteiger partial charge in [0.25, 0.3) is 5.91 Å². The first kappa shape index (κ1) is 14.2. The SMILES string of the molecule is Cc1ccc(OC2CCN(C(=O)c3cc[nH]c(=O)c3)C2)nn1. The maximum atomic E-state index is 12.3. The number of pyridine rings is 1. The minimum absolute atomic E-state index is 0.108. The minimum Gasteiger partial charge on any atom is -0.471 e. The Bertz CT molecular complexity index is 726. The molecule has 1 aliphatic rings. The van der Waals surface area contributed by atoms with Crippen LogP contribution in [0.3, 0.4) is 0 Å². The van der Waals surface area contributed by atoms with Crippen LogP contribution in [0.1, 0.15) is 22.5 Å². The van der Waals surface area contributed by atoms with Gasteiger partial charge in [0.15, 0.2) is 0 Å². The number of amides is 1. The number of ether oxygens (including phenoxy) is 1. The summed E-state index contributed by atoms with van der Waals surface area (Å²) in [7, 11) is 0. The van der Waals surface area contributed by atoms with Crippen LogP contribution in [0.25, 0.3) is 0 Å². The van der Waals surface area contributed by atoms with Gasteiger partial charge in [-0.1, -0.05) is 0 Å². The molecule has 114 valence electrons. The highest BCUT2D eigenvalue weighted by molar-refractivity contribution is 5.94. The number of aromatic nitrogens is 3. The zero-order chi connectivity index (χ0) is 15.5. The molecule has 1 atom stereocenters. The van der Waals surface area contributed by atoms with Gasteiger partial charge < -0.3 is 14.6 Å². The largest absolute Gasteiger partial charge is 0.471 e. The summed E-state index contributed by atoms with van der Waals surface area (Å²) in [6.45, 7) is 2.92. The highest BCUT2D eigenvalue weighted by Gasteiger charge is 2.28. The van der Waals surface area contributed by atoms with Gasteiger partial charge in [-0.25, -0.2) is 0 Å². The summed E-state index contributed by atoms with van der Waals surface area (Å²) < 4.78 is 5.73. The van der Waals surface area contributed by atoms with E-state index in [4.69, 9.17) is 4.74 Å². The van der Waals surface area contributed by atoms with Crippen LogP contribution in [0.4, 0.5) is 0 Å². The molecule has 1 amide bonds. The number of H-pyrrole nitrogens is 1. The van der Waals surface area contributed by atoms with Crippen molar-refractivity contribution in [2.75, 3.05) is 13.1 Å². The van der Waals surface area contributed by atoms with E-state index in [0.717, 1.165) is 12.1 Å². The minimum atomic E-state index is -0.284. The van der Waals surface area contributed by atoms with E-state index in [0.29, 0.717) is 24.5 Å². The van der Waals surface area contributed by atoms with Crippen LogP contribution in [0.15, 0.2) is 35.3 Å². The van der Waals surface area contributed by atoms with Crippen molar-refractivity contribution < 1.29 is 9.53 Å². The lowest BCUT2D eigenvalue weighted by Crippen LogP contribution is -2.31. The lowest BCUT2D eigenvalue weighted by molar-refractivity contribution is 0.0770. The molecule has 7 nitrogen and oxygen atoms in total. The molecule has 2 aromatic rings. The van der Waals surface area contributed by atoms with E-state index >= 15 is 0 Å². The Kier molecular flexibility index (Phi) is 3.86. The van der Waals surface area contributed by atoms with E-state index in [2.05, 4.69) is 15.2 Å². The Morgan fingerprint density at radius 1 is 1.36 bits per heavy atom. The second kappa shape index (κ2) is 5.97. The molecule has 0 aromatic carbocycles. The Hall–Kier alpha value is -2.70. The van der Waals surface area contributed by atoms with E-state index in [1.165, 1.54) is 12.3 Å². The average molecular weight is 300 g/mol. The summed E-state index contributed by atoms with van der Waals surface area (Å²) in [5, 5.41) is 7.90. The fraction of sp³-hybridized carbons (Fsp3) is 0.333. The molecule has 0 bridgehead atoms. The summed E-state index contributed by atoms with van der Waals surface area (Å²) in [5.74, 6) is 0.299. The lowest BCUT2D eigenvalue weighted by atomic mass is 10.2. The van der Waals surface area contributed by atoms with Gasteiger partial charge in [0.2, 0.25) is 11.4 Å². The Balaban J connectivity index is 1.63. The van der Waals surface area contributed by atoms with E-state index in [1.807, 2.05) is 13.0 Å². The van der Waals surface area contributed by atoms with Crippen LogP contribution < -0.4 is 10.3 Å². The van der Waals surface area contributed by atoms with Crippen LogP contribution in [-0.4, -0.2) is 45.2 Å². The number of rotatable bonds is 3. The number of aryl methyl sites for hydroxylation is 1. The number of hydrogen-bond acceptors (Lipinski definition) is 5. The fourth-order valence-corrected chi connectivity index (χ4v) is 2.39. The number of carbonyl (C=O) groups excluding carboxylic acids is 1. The molecule has 2 aromatic heterocycles. The standard InChI is InChI=1S/C15H16N4O3/c1-10-2-3-14(18-17-10)22-12-5-7-19(9-12)15(21)11-4-6-16-13(20)8-11/h2-4,6,8,12H,5,7,9H2,1H3,(H,16,20). The molecule has 0 radical (unpaired) electrons. The van der Waals surface area contributed by atoms with Gasteiger partial charge in [-0.15, -0.1) is 5.10 Å². The first-order chi connectivity index (χ1) is 10.6. The molecule has 0 saturated carbocycles. The van der Waals surface area contributed by atoms with Crippen molar-refractivity contribution in [1.29, 1.82) is 0 Å². The molecule has 0 aliphatic carbocycles.